The molecule has 82 valence electrons. The number of hydrogen-bond donors (Lipinski definition) is 0. The Labute approximate surface area is 98.3 Å². The minimum Gasteiger partial charge on any atom is -0.0985 e. The van der Waals surface area contributed by atoms with Crippen LogP contribution in [0.5, 0.6) is 0 Å². The van der Waals surface area contributed by atoms with Crippen LogP contribution in [0.2, 0.25) is 0 Å². The minimum atomic E-state index is 1.07. The smallest absolute Gasteiger partial charge is 0.0186 e. The van der Waals surface area contributed by atoms with E-state index >= 15 is 0 Å². The highest BCUT2D eigenvalue weighted by Gasteiger charge is 2.05. The zero-order valence-corrected chi connectivity index (χ0v) is 10.1. The van der Waals surface area contributed by atoms with E-state index in [2.05, 4.69) is 45.7 Å². The summed E-state index contributed by atoms with van der Waals surface area (Å²) in [5.41, 5.74) is 5.92. The van der Waals surface area contributed by atoms with Crippen LogP contribution < -0.4 is 0 Å². The van der Waals surface area contributed by atoms with E-state index in [1.165, 1.54) is 22.3 Å². The lowest BCUT2D eigenvalue weighted by Crippen LogP contribution is -1.91. The Morgan fingerprint density at radius 1 is 1.12 bits per heavy atom. The summed E-state index contributed by atoms with van der Waals surface area (Å²) in [4.78, 5) is 0. The van der Waals surface area contributed by atoms with Crippen molar-refractivity contribution in [3.05, 3.63) is 72.4 Å². The standard InChI is InChI=1S/C16H18/c1-6-14(7-2)12(4)16-11-9-10-15(8-3)13(16)5/h6-11H,1-3H2,4-5H3. The molecule has 0 heterocycles. The molecule has 0 heteroatoms. The van der Waals surface area contributed by atoms with Gasteiger partial charge < -0.3 is 0 Å². The maximum atomic E-state index is 3.82. The van der Waals surface area contributed by atoms with E-state index in [0.29, 0.717) is 0 Å². The first kappa shape index (κ1) is 12.3. The lowest BCUT2D eigenvalue weighted by molar-refractivity contribution is 1.38. The Morgan fingerprint density at radius 2 is 1.75 bits per heavy atom. The second-order valence-electron chi connectivity index (χ2n) is 3.71. The number of allylic oxidation sites excluding steroid dienone is 4. The molecule has 0 saturated heterocycles. The van der Waals surface area contributed by atoms with Crippen molar-refractivity contribution >= 4 is 11.6 Å². The Morgan fingerprint density at radius 3 is 2.25 bits per heavy atom. The van der Waals surface area contributed by atoms with E-state index in [0.717, 1.165) is 5.57 Å². The number of hydrogen-bond acceptors (Lipinski definition) is 0. The number of rotatable bonds is 4. The first-order chi connectivity index (χ1) is 7.65. The molecule has 0 bridgehead atoms. The second kappa shape index (κ2) is 5.32. The molecule has 0 aliphatic rings. The molecule has 16 heavy (non-hydrogen) atoms. The van der Waals surface area contributed by atoms with Crippen LogP contribution in [0.25, 0.3) is 11.6 Å². The zero-order chi connectivity index (χ0) is 12.1. The highest BCUT2D eigenvalue weighted by Crippen LogP contribution is 2.25. The Balaban J connectivity index is 3.44. The highest BCUT2D eigenvalue weighted by atomic mass is 14.1. The average molecular weight is 210 g/mol. The first-order valence-corrected chi connectivity index (χ1v) is 5.33. The lowest BCUT2D eigenvalue weighted by atomic mass is 9.94. The van der Waals surface area contributed by atoms with Crippen molar-refractivity contribution in [1.29, 1.82) is 0 Å². The maximum absolute atomic E-state index is 3.82. The van der Waals surface area contributed by atoms with Gasteiger partial charge in [-0.3, -0.25) is 0 Å². The quantitative estimate of drug-likeness (QED) is 0.627. The lowest BCUT2D eigenvalue weighted by Gasteiger charge is -2.11. The van der Waals surface area contributed by atoms with Crippen LogP contribution >= 0.6 is 0 Å². The maximum Gasteiger partial charge on any atom is -0.0186 e. The summed E-state index contributed by atoms with van der Waals surface area (Å²) < 4.78 is 0. The van der Waals surface area contributed by atoms with Crippen LogP contribution in [-0.2, 0) is 0 Å². The van der Waals surface area contributed by atoms with Gasteiger partial charge in [0.15, 0.2) is 0 Å². The third-order valence-electron chi connectivity index (χ3n) is 2.87. The van der Waals surface area contributed by atoms with E-state index in [9.17, 15) is 0 Å². The summed E-state index contributed by atoms with van der Waals surface area (Å²) in [6.07, 6.45) is 5.55. The fourth-order valence-electron chi connectivity index (χ4n) is 1.83. The van der Waals surface area contributed by atoms with Gasteiger partial charge in [-0.15, -0.1) is 0 Å². The van der Waals surface area contributed by atoms with Gasteiger partial charge in [-0.1, -0.05) is 56.2 Å². The van der Waals surface area contributed by atoms with Crippen molar-refractivity contribution in [2.75, 3.05) is 0 Å². The Hall–Kier alpha value is -1.82. The summed E-state index contributed by atoms with van der Waals surface area (Å²) in [7, 11) is 0. The average Bonchev–Trinajstić information content (AvgIpc) is 2.30. The SMILES string of the molecule is C=CC(C=C)=C(C)c1cccc(C=C)c1C. The van der Waals surface area contributed by atoms with Gasteiger partial charge in [0, 0.05) is 0 Å². The zero-order valence-electron chi connectivity index (χ0n) is 10.1. The van der Waals surface area contributed by atoms with E-state index in [4.69, 9.17) is 0 Å². The molecule has 0 fully saturated rings. The molecule has 0 amide bonds. The summed E-state index contributed by atoms with van der Waals surface area (Å²) >= 11 is 0. The Kier molecular flexibility index (Phi) is 4.07. The van der Waals surface area contributed by atoms with Crippen molar-refractivity contribution in [2.24, 2.45) is 0 Å². The van der Waals surface area contributed by atoms with Gasteiger partial charge in [-0.25, -0.2) is 0 Å². The van der Waals surface area contributed by atoms with Crippen LogP contribution in [0.4, 0.5) is 0 Å². The predicted molar refractivity (Wildman–Crippen MR) is 74.3 cm³/mol. The van der Waals surface area contributed by atoms with Crippen LogP contribution in [0, 0.1) is 6.92 Å². The second-order valence-corrected chi connectivity index (χ2v) is 3.71. The van der Waals surface area contributed by atoms with Gasteiger partial charge >= 0.3 is 0 Å². The summed E-state index contributed by atoms with van der Waals surface area (Å²) in [6, 6.07) is 6.23. The molecule has 0 N–H and O–H groups in total. The predicted octanol–water partition coefficient (Wildman–Crippen LogP) is 4.78. The summed E-state index contributed by atoms with van der Waals surface area (Å²) in [5, 5.41) is 0. The third-order valence-corrected chi connectivity index (χ3v) is 2.87. The van der Waals surface area contributed by atoms with Crippen LogP contribution in [0.3, 0.4) is 0 Å². The van der Waals surface area contributed by atoms with Gasteiger partial charge in [0.05, 0.1) is 0 Å². The first-order valence-electron chi connectivity index (χ1n) is 5.33. The normalized spacial score (nSPS) is 9.38. The van der Waals surface area contributed by atoms with E-state index in [-0.39, 0.29) is 0 Å². The molecule has 0 saturated carbocycles. The van der Waals surface area contributed by atoms with Crippen LogP contribution in [0.1, 0.15) is 23.6 Å². The summed E-state index contributed by atoms with van der Waals surface area (Å²) in [5.74, 6) is 0. The molecule has 0 radical (unpaired) electrons. The fourth-order valence-corrected chi connectivity index (χ4v) is 1.83. The Bertz CT molecular complexity index is 449. The molecule has 1 rings (SSSR count). The highest BCUT2D eigenvalue weighted by molar-refractivity contribution is 5.75. The van der Waals surface area contributed by atoms with E-state index < -0.39 is 0 Å². The monoisotopic (exact) mass is 210 g/mol. The molecule has 0 aliphatic carbocycles. The third kappa shape index (κ3) is 2.22. The van der Waals surface area contributed by atoms with E-state index in [1.807, 2.05) is 24.3 Å². The molecule has 0 aliphatic heterocycles. The molecule has 0 unspecified atom stereocenters. The molecule has 0 nitrogen and oxygen atoms in total. The van der Waals surface area contributed by atoms with Crippen LogP contribution in [-0.4, -0.2) is 0 Å². The van der Waals surface area contributed by atoms with Crippen molar-refractivity contribution in [1.82, 2.24) is 0 Å². The molecular weight excluding hydrogens is 192 g/mol. The van der Waals surface area contributed by atoms with Gasteiger partial charge in [-0.2, -0.15) is 0 Å². The van der Waals surface area contributed by atoms with Gasteiger partial charge in [0.2, 0.25) is 0 Å². The molecule has 0 atom stereocenters. The summed E-state index contributed by atoms with van der Waals surface area (Å²) in [6.45, 7) is 15.6. The van der Waals surface area contributed by atoms with Crippen molar-refractivity contribution in [3.8, 4) is 0 Å². The van der Waals surface area contributed by atoms with Gasteiger partial charge in [-0.05, 0) is 41.7 Å². The molecule has 0 spiro atoms. The molecule has 1 aromatic carbocycles. The fraction of sp³-hybridized carbons (Fsp3) is 0.125. The van der Waals surface area contributed by atoms with Gasteiger partial charge in [0.1, 0.15) is 0 Å². The van der Waals surface area contributed by atoms with Crippen molar-refractivity contribution < 1.29 is 0 Å². The van der Waals surface area contributed by atoms with Crippen molar-refractivity contribution in [2.45, 2.75) is 13.8 Å². The largest absolute Gasteiger partial charge is 0.0985 e. The van der Waals surface area contributed by atoms with Crippen LogP contribution in [0.15, 0.2) is 55.7 Å². The number of benzene rings is 1. The molecule has 0 aromatic heterocycles. The molecular formula is C16H18. The molecule has 1 aromatic rings. The van der Waals surface area contributed by atoms with E-state index in [1.54, 1.807) is 0 Å². The minimum absolute atomic E-state index is 1.07. The topological polar surface area (TPSA) is 0 Å². The van der Waals surface area contributed by atoms with Gasteiger partial charge in [0.25, 0.3) is 0 Å². The van der Waals surface area contributed by atoms with Crippen molar-refractivity contribution in [3.63, 3.8) is 0 Å².